The number of unbranched alkanes of at least 4 members (excludes halogenated alkanes) is 9. The van der Waals surface area contributed by atoms with Crippen LogP contribution < -0.4 is 35.3 Å². The Morgan fingerprint density at radius 2 is 0.958 bits per heavy atom. The van der Waals surface area contributed by atoms with Crippen LogP contribution in [0.1, 0.15) is 99.2 Å². The molecule has 5 nitrogen and oxygen atoms in total. The maximum Gasteiger partial charge on any atom is 1.00 e. The van der Waals surface area contributed by atoms with E-state index in [4.69, 9.17) is 15.9 Å². The molecule has 0 saturated heterocycles. The van der Waals surface area contributed by atoms with Crippen molar-refractivity contribution in [3.05, 3.63) is 0 Å². The summed E-state index contributed by atoms with van der Waals surface area (Å²) in [6.45, 7) is 6.34. The molecule has 0 aliphatic carbocycles. The number of aliphatic carboxylic acids is 2. The molecule has 0 radical (unpaired) electrons. The second-order valence-corrected chi connectivity index (χ2v) is 5.47. The predicted octanol–water partition coefficient (Wildman–Crippen LogP) is 1.94. The molecule has 0 amide bonds. The van der Waals surface area contributed by atoms with Crippen molar-refractivity contribution in [2.45, 2.75) is 97.8 Å². The third-order valence-electron chi connectivity index (χ3n) is 3.16. The fourth-order valence-electron chi connectivity index (χ4n) is 1.63. The Bertz CT molecular complexity index is 233. The second-order valence-electron chi connectivity index (χ2n) is 5.47. The Morgan fingerprint density at radius 1 is 0.708 bits per heavy atom. The van der Waals surface area contributed by atoms with Gasteiger partial charge in [0.15, 0.2) is 0 Å². The zero-order valence-electron chi connectivity index (χ0n) is 17.5. The molecule has 0 aromatic carbocycles. The first-order valence-electron chi connectivity index (χ1n) is 9.09. The molecule has 24 heavy (non-hydrogen) atoms. The Kier molecular flexibility index (Phi) is 40.5. The molecule has 0 unspecified atom stereocenters. The van der Waals surface area contributed by atoms with Crippen LogP contribution >= 0.6 is 0 Å². The Labute approximate surface area is 172 Å². The Morgan fingerprint density at radius 3 is 1.17 bits per heavy atom. The Hall–Kier alpha value is -0.100. The van der Waals surface area contributed by atoms with E-state index >= 15 is 0 Å². The monoisotopic (exact) mass is 357 g/mol. The van der Waals surface area contributed by atoms with Gasteiger partial charge in [0.1, 0.15) is 0 Å². The Balaban J connectivity index is -0.0000000933. The molecule has 0 bridgehead atoms. The van der Waals surface area contributed by atoms with Gasteiger partial charge in [0.2, 0.25) is 0 Å². The van der Waals surface area contributed by atoms with Crippen molar-refractivity contribution in [2.24, 2.45) is 5.73 Å². The average molecular weight is 358 g/mol. The number of hydrogen-bond acceptors (Lipinski definition) is 3. The number of carbonyl (C=O) groups is 2. The molecule has 0 aliphatic rings. The van der Waals surface area contributed by atoms with E-state index < -0.39 is 11.9 Å². The third-order valence-corrected chi connectivity index (χ3v) is 3.16. The topological polar surface area (TPSA) is 101 Å². The van der Waals surface area contributed by atoms with Gasteiger partial charge < -0.3 is 17.4 Å². The van der Waals surface area contributed by atoms with Gasteiger partial charge in [0.25, 0.3) is 0 Å². The van der Waals surface area contributed by atoms with Crippen molar-refractivity contribution >= 4 is 11.9 Å². The molecule has 0 spiro atoms. The fourth-order valence-corrected chi connectivity index (χ4v) is 1.63. The van der Waals surface area contributed by atoms with E-state index in [9.17, 15) is 9.59 Å². The number of carboxylic acids is 2. The van der Waals surface area contributed by atoms with Gasteiger partial charge in [-0.25, -0.2) is 0 Å². The van der Waals surface area contributed by atoms with Crippen molar-refractivity contribution in [3.8, 4) is 0 Å². The summed E-state index contributed by atoms with van der Waals surface area (Å²) >= 11 is 0. The van der Waals surface area contributed by atoms with Gasteiger partial charge in [-0.2, -0.15) is 0 Å². The van der Waals surface area contributed by atoms with Crippen LogP contribution in [0.3, 0.4) is 0 Å². The second kappa shape index (κ2) is 30.7. The van der Waals surface area contributed by atoms with Crippen LogP contribution in [-0.2, 0) is 9.59 Å². The summed E-state index contributed by atoms with van der Waals surface area (Å²) in [6, 6.07) is 0. The van der Waals surface area contributed by atoms with Gasteiger partial charge >= 0.3 is 41.5 Å². The van der Waals surface area contributed by atoms with E-state index in [0.29, 0.717) is 0 Å². The van der Waals surface area contributed by atoms with Gasteiger partial charge in [-0.15, -0.1) is 0 Å². The molecule has 0 aromatic heterocycles. The summed E-state index contributed by atoms with van der Waals surface area (Å²) in [4.78, 5) is 18.7. The molecular weight excluding hydrogens is 317 g/mol. The normalized spacial score (nSPS) is 8.83. The van der Waals surface area contributed by atoms with Crippen LogP contribution in [0.2, 0.25) is 0 Å². The number of nitrogens with two attached hydrogens (primary N) is 1. The molecular formula is C18H40NNaO4. The van der Waals surface area contributed by atoms with E-state index in [1.807, 2.05) is 0 Å². The first-order valence-corrected chi connectivity index (χ1v) is 9.09. The molecule has 4 N–H and O–H groups in total. The largest absolute Gasteiger partial charge is 1.00 e. The molecule has 6 heteroatoms. The summed E-state index contributed by atoms with van der Waals surface area (Å²) in [6.07, 6.45) is 14.4. The van der Waals surface area contributed by atoms with Crippen molar-refractivity contribution in [1.29, 1.82) is 0 Å². The third kappa shape index (κ3) is 49.5. The molecule has 0 saturated carbocycles. The molecule has 0 aromatic rings. The van der Waals surface area contributed by atoms with Crippen molar-refractivity contribution in [1.82, 2.24) is 0 Å². The van der Waals surface area contributed by atoms with Crippen LogP contribution in [0.4, 0.5) is 0 Å². The van der Waals surface area contributed by atoms with Gasteiger partial charge in [-0.05, 0) is 13.0 Å². The number of carboxylic acid groups (broad SMARTS) is 2. The van der Waals surface area contributed by atoms with E-state index in [0.717, 1.165) is 6.54 Å². The zero-order chi connectivity index (χ0) is 18.3. The van der Waals surface area contributed by atoms with Crippen LogP contribution in [0.5, 0.6) is 0 Å². The molecule has 142 valence electrons. The first-order chi connectivity index (χ1) is 11.0. The van der Waals surface area contributed by atoms with Crippen LogP contribution in [0.25, 0.3) is 0 Å². The van der Waals surface area contributed by atoms with Crippen molar-refractivity contribution in [2.75, 3.05) is 6.54 Å². The summed E-state index contributed by atoms with van der Waals surface area (Å²) in [5, 5.41) is 15.4. The standard InChI is InChI=1S/C12H27N.2C3H6O2.Na.H/c1-2-3-4-5-6-7-8-9-10-11-12-13;2*1-2-3(4)5;;/h2-13H2,1H3;2*2H2,1H3,(H,4,5);;/q;;;+1;-1. The first kappa shape index (κ1) is 31.6. The summed E-state index contributed by atoms with van der Waals surface area (Å²) < 4.78 is 0. The average Bonchev–Trinajstić information content (AvgIpc) is 2.54. The molecule has 0 aliphatic heterocycles. The van der Waals surface area contributed by atoms with Crippen molar-refractivity contribution < 1.29 is 50.8 Å². The van der Waals surface area contributed by atoms with Gasteiger partial charge in [0, 0.05) is 12.8 Å². The number of rotatable bonds is 12. The van der Waals surface area contributed by atoms with E-state index in [1.165, 1.54) is 64.2 Å². The maximum absolute atomic E-state index is 9.37. The number of hydrogen-bond donors (Lipinski definition) is 3. The van der Waals surface area contributed by atoms with Crippen molar-refractivity contribution in [3.63, 3.8) is 0 Å². The van der Waals surface area contributed by atoms with Crippen LogP contribution in [-0.4, -0.2) is 28.7 Å². The summed E-state index contributed by atoms with van der Waals surface area (Å²) in [5.41, 5.74) is 5.42. The molecule has 0 rings (SSSR count). The maximum atomic E-state index is 9.37. The van der Waals surface area contributed by atoms with E-state index in [1.54, 1.807) is 13.8 Å². The van der Waals surface area contributed by atoms with E-state index in [2.05, 4.69) is 6.92 Å². The van der Waals surface area contributed by atoms with E-state index in [-0.39, 0.29) is 43.8 Å². The summed E-state index contributed by atoms with van der Waals surface area (Å²) in [7, 11) is 0. The van der Waals surface area contributed by atoms with Gasteiger partial charge in [0.05, 0.1) is 0 Å². The minimum absolute atomic E-state index is 0. The zero-order valence-corrected chi connectivity index (χ0v) is 18.5. The van der Waals surface area contributed by atoms with Gasteiger partial charge in [-0.3, -0.25) is 9.59 Å². The minimum Gasteiger partial charge on any atom is -1.00 e. The van der Waals surface area contributed by atoms with Crippen LogP contribution in [0.15, 0.2) is 0 Å². The van der Waals surface area contributed by atoms with Crippen LogP contribution in [0, 0.1) is 0 Å². The molecule has 0 heterocycles. The minimum atomic E-state index is -0.745. The van der Waals surface area contributed by atoms with Gasteiger partial charge in [-0.1, -0.05) is 78.6 Å². The molecule has 0 fully saturated rings. The SMILES string of the molecule is CCC(=O)O.CCC(=O)O.CCCCCCCCCCCCN.[H-].[Na+]. The fraction of sp³-hybridized carbons (Fsp3) is 0.889. The quantitative estimate of drug-likeness (QED) is 0.366. The molecule has 0 atom stereocenters. The summed E-state index contributed by atoms with van der Waals surface area (Å²) in [5.74, 6) is -1.49. The predicted molar refractivity (Wildman–Crippen MR) is 97.9 cm³/mol. The smallest absolute Gasteiger partial charge is 1.00 e.